The molecule has 1 fully saturated rings. The van der Waals surface area contributed by atoms with Crippen molar-refractivity contribution in [2.75, 3.05) is 19.3 Å². The Labute approximate surface area is 299 Å². The number of carbonyl (C=O) groups is 1. The highest BCUT2D eigenvalue weighted by Gasteiger charge is 2.49. The second-order valence-corrected chi connectivity index (χ2v) is 15.0. The van der Waals surface area contributed by atoms with Gasteiger partial charge in [0, 0.05) is 34.9 Å². The Bertz CT molecular complexity index is 2130. The molecule has 4 atom stereocenters. The molecule has 262 valence electrons. The molecule has 1 saturated heterocycles. The summed E-state index contributed by atoms with van der Waals surface area (Å²) in [6, 6.07) is 11.3. The molecule has 6 heterocycles. The van der Waals surface area contributed by atoms with Crippen molar-refractivity contribution in [1.82, 2.24) is 40.1 Å². The van der Waals surface area contributed by atoms with Crippen LogP contribution < -0.4 is 15.8 Å². The predicted molar refractivity (Wildman–Crippen MR) is 191 cm³/mol. The van der Waals surface area contributed by atoms with Crippen LogP contribution in [-0.2, 0) is 18.3 Å². The molecule has 1 aliphatic heterocycles. The highest BCUT2D eigenvalue weighted by atomic mass is 32.1. The third kappa shape index (κ3) is 5.84. The topological polar surface area (TPSA) is 174 Å². The zero-order valence-corrected chi connectivity index (χ0v) is 29.7. The summed E-state index contributed by atoms with van der Waals surface area (Å²) in [5, 5.41) is 22.9. The van der Waals surface area contributed by atoms with Crippen molar-refractivity contribution in [3.05, 3.63) is 81.4 Å². The summed E-state index contributed by atoms with van der Waals surface area (Å²) in [7, 11) is 2.12. The summed E-state index contributed by atoms with van der Waals surface area (Å²) in [5.41, 5.74) is 9.95. The fourth-order valence-corrected chi connectivity index (χ4v) is 9.42. The molecular weight excluding hydrogens is 665 g/mol. The molecule has 13 nitrogen and oxygen atoms in total. The molecule has 1 spiro atoms. The SMILES string of the molecule is C[C@H](NC(=O)c1ccn(-c2cc(O[C@@H](C)[C@@H]3CCCN3C)nc(-c3noc4c3CCC[C@@]43CCCc4sc(N)c(C#N)c43)n2)n1)c1ccccn1. The smallest absolute Gasteiger partial charge is 0.272 e. The molecule has 0 aromatic carbocycles. The Balaban J connectivity index is 1.17. The number of hydrogen-bond acceptors (Lipinski definition) is 12. The number of anilines is 1. The summed E-state index contributed by atoms with van der Waals surface area (Å²) in [6.45, 7) is 4.97. The third-order valence-corrected chi connectivity index (χ3v) is 11.8. The monoisotopic (exact) mass is 704 g/mol. The van der Waals surface area contributed by atoms with Crippen LogP contribution in [0.25, 0.3) is 17.3 Å². The fourth-order valence-electron chi connectivity index (χ4n) is 8.26. The van der Waals surface area contributed by atoms with Gasteiger partial charge in [-0.05, 0) is 103 Å². The first-order valence-electron chi connectivity index (χ1n) is 17.6. The first kappa shape index (κ1) is 33.0. The number of thiophene rings is 1. The second-order valence-electron chi connectivity index (χ2n) is 13.9. The lowest BCUT2D eigenvalue weighted by atomic mass is 9.63. The van der Waals surface area contributed by atoms with E-state index in [1.165, 1.54) is 11.3 Å². The number of carbonyl (C=O) groups excluding carboxylic acids is 1. The Morgan fingerprint density at radius 3 is 2.80 bits per heavy atom. The van der Waals surface area contributed by atoms with Crippen LogP contribution in [0.2, 0.25) is 0 Å². The number of aryl methyl sites for hydroxylation is 1. The van der Waals surface area contributed by atoms with Crippen LogP contribution in [-0.4, -0.2) is 66.4 Å². The van der Waals surface area contributed by atoms with E-state index in [1.807, 2.05) is 25.1 Å². The average Bonchev–Trinajstić information content (AvgIpc) is 3.95. The number of amides is 1. The second kappa shape index (κ2) is 13.2. The highest BCUT2D eigenvalue weighted by molar-refractivity contribution is 7.16. The van der Waals surface area contributed by atoms with Crippen LogP contribution >= 0.6 is 11.3 Å². The maximum absolute atomic E-state index is 13.2. The van der Waals surface area contributed by atoms with Gasteiger partial charge in [0.2, 0.25) is 5.88 Å². The van der Waals surface area contributed by atoms with Gasteiger partial charge in [0.15, 0.2) is 28.8 Å². The number of ether oxygens (including phenoxy) is 1. The van der Waals surface area contributed by atoms with E-state index in [0.717, 1.165) is 85.4 Å². The van der Waals surface area contributed by atoms with E-state index in [-0.39, 0.29) is 29.8 Å². The minimum Gasteiger partial charge on any atom is -0.473 e. The van der Waals surface area contributed by atoms with E-state index in [2.05, 4.69) is 45.5 Å². The lowest BCUT2D eigenvalue weighted by molar-refractivity contribution is 0.0933. The van der Waals surface area contributed by atoms with E-state index in [9.17, 15) is 10.1 Å². The number of nitrogens with zero attached hydrogens (tertiary/aromatic N) is 8. The average molecular weight is 705 g/mol. The Morgan fingerprint density at radius 1 is 1.20 bits per heavy atom. The molecule has 2 aliphatic carbocycles. The number of likely N-dealkylation sites (tertiary alicyclic amines) is 1. The number of fused-ring (bicyclic) bond motifs is 4. The molecule has 14 heteroatoms. The van der Waals surface area contributed by atoms with Gasteiger partial charge in [-0.3, -0.25) is 14.7 Å². The first-order valence-corrected chi connectivity index (χ1v) is 18.4. The van der Waals surface area contributed by atoms with Crippen molar-refractivity contribution in [2.45, 2.75) is 88.8 Å². The minimum atomic E-state index is -0.471. The number of pyridine rings is 1. The van der Waals surface area contributed by atoms with Gasteiger partial charge in [0.05, 0.1) is 22.7 Å². The number of nitrogens with one attached hydrogen (secondary N) is 1. The van der Waals surface area contributed by atoms with Crippen LogP contribution in [0.5, 0.6) is 5.88 Å². The quantitative estimate of drug-likeness (QED) is 0.208. The summed E-state index contributed by atoms with van der Waals surface area (Å²) in [6.07, 6.45) is 10.6. The van der Waals surface area contributed by atoms with Gasteiger partial charge in [-0.1, -0.05) is 11.2 Å². The minimum absolute atomic E-state index is 0.135. The van der Waals surface area contributed by atoms with Gasteiger partial charge in [-0.15, -0.1) is 11.3 Å². The van der Waals surface area contributed by atoms with Crippen LogP contribution in [0.4, 0.5) is 5.00 Å². The largest absolute Gasteiger partial charge is 0.473 e. The van der Waals surface area contributed by atoms with Crippen molar-refractivity contribution in [3.8, 4) is 29.3 Å². The molecule has 8 rings (SSSR count). The third-order valence-electron chi connectivity index (χ3n) is 10.7. The number of likely N-dealkylation sites (N-methyl/N-ethyl adjacent to an activating group) is 1. The van der Waals surface area contributed by atoms with Crippen molar-refractivity contribution in [1.29, 1.82) is 5.26 Å². The van der Waals surface area contributed by atoms with Gasteiger partial charge in [0.25, 0.3) is 5.91 Å². The molecule has 51 heavy (non-hydrogen) atoms. The zero-order chi connectivity index (χ0) is 35.3. The Hall–Kier alpha value is -5.13. The van der Waals surface area contributed by atoms with Crippen molar-refractivity contribution < 1.29 is 14.1 Å². The van der Waals surface area contributed by atoms with Crippen molar-refractivity contribution in [2.24, 2.45) is 0 Å². The maximum atomic E-state index is 13.2. The van der Waals surface area contributed by atoms with Crippen LogP contribution in [0.15, 0.2) is 47.2 Å². The molecule has 0 bridgehead atoms. The van der Waals surface area contributed by atoms with Gasteiger partial charge < -0.3 is 20.3 Å². The van der Waals surface area contributed by atoms with Gasteiger partial charge in [0.1, 0.15) is 17.2 Å². The normalized spacial score (nSPS) is 21.1. The molecule has 3 aliphatic rings. The van der Waals surface area contributed by atoms with Crippen molar-refractivity contribution >= 4 is 22.2 Å². The van der Waals surface area contributed by atoms with Crippen LogP contribution in [0.3, 0.4) is 0 Å². The van der Waals surface area contributed by atoms with Gasteiger partial charge in [-0.2, -0.15) is 15.3 Å². The standard InChI is InChI=1S/C37H40N10O3S/c1-21(25-10-4-5-16-40-25)41-36(48)26-13-18-47(44-26)29-19-30(49-22(2)27-11-8-17-46(27)3)43-35(42-29)32-23-9-6-14-37(33(23)50-45-32)15-7-12-28-31(37)24(20-38)34(39)51-28/h4-5,10,13,16,18-19,21-22,27H,6-9,11-12,14-15,17,39H2,1-3H3,(H,41,48)/t21-,22-,27-,37-/m0/s1. The molecule has 5 aromatic rings. The zero-order valence-electron chi connectivity index (χ0n) is 28.9. The molecule has 5 aromatic heterocycles. The van der Waals surface area contributed by atoms with E-state index >= 15 is 0 Å². The highest BCUT2D eigenvalue weighted by Crippen LogP contribution is 2.55. The Kier molecular flexibility index (Phi) is 8.55. The summed E-state index contributed by atoms with van der Waals surface area (Å²) < 4.78 is 14.4. The maximum Gasteiger partial charge on any atom is 0.272 e. The number of aromatic nitrogens is 6. The molecule has 0 radical (unpaired) electrons. The summed E-state index contributed by atoms with van der Waals surface area (Å²) >= 11 is 1.52. The first-order chi connectivity index (χ1) is 24.8. The molecule has 0 saturated carbocycles. The molecular formula is C37H40N10O3S. The lowest BCUT2D eigenvalue weighted by Gasteiger charge is -2.39. The number of nitrogens with two attached hydrogens (primary N) is 1. The van der Waals surface area contributed by atoms with Crippen molar-refractivity contribution in [3.63, 3.8) is 0 Å². The summed E-state index contributed by atoms with van der Waals surface area (Å²) in [5.74, 6) is 1.61. The van der Waals surface area contributed by atoms with E-state index < -0.39 is 5.41 Å². The molecule has 3 N–H and O–H groups in total. The van der Waals surface area contributed by atoms with E-state index in [0.29, 0.717) is 33.8 Å². The van der Waals surface area contributed by atoms with Gasteiger partial charge >= 0.3 is 0 Å². The fraction of sp³-hybridized carbons (Fsp3) is 0.432. The van der Waals surface area contributed by atoms with Crippen LogP contribution in [0, 0.1) is 11.3 Å². The number of nitrogen functional groups attached to an aromatic ring is 1. The van der Waals surface area contributed by atoms with Crippen LogP contribution in [0.1, 0.15) is 102 Å². The molecule has 0 unspecified atom stereocenters. The Morgan fingerprint density at radius 2 is 2.04 bits per heavy atom. The van der Waals surface area contributed by atoms with Gasteiger partial charge in [-0.25, -0.2) is 9.67 Å². The van der Waals surface area contributed by atoms with E-state index in [1.54, 1.807) is 29.2 Å². The lowest BCUT2D eigenvalue weighted by Crippen LogP contribution is -2.38. The molecule has 1 amide bonds. The summed E-state index contributed by atoms with van der Waals surface area (Å²) in [4.78, 5) is 30.9. The van der Waals surface area contributed by atoms with E-state index in [4.69, 9.17) is 25.0 Å². The number of rotatable bonds is 8. The number of nitriles is 1. The predicted octanol–water partition coefficient (Wildman–Crippen LogP) is 5.54. The number of hydrogen-bond donors (Lipinski definition) is 2.